The number of fused-ring (bicyclic) bond motifs is 3. The van der Waals surface area contributed by atoms with Gasteiger partial charge in [-0.2, -0.15) is 0 Å². The molecule has 0 saturated carbocycles. The molecule has 0 amide bonds. The molecule has 1 aliphatic heterocycles. The number of carbonyl (C=O) groups excluding carboxylic acids is 1. The number of methoxy groups -OCH3 is 1. The van der Waals surface area contributed by atoms with Gasteiger partial charge in [0.25, 0.3) is 0 Å². The molecular weight excluding hydrogens is 403 g/mol. The Kier molecular flexibility index (Phi) is 5.72. The highest BCUT2D eigenvalue weighted by Crippen LogP contribution is 2.45. The first-order valence-electron chi connectivity index (χ1n) is 11.0. The molecule has 0 spiro atoms. The molecule has 0 saturated heterocycles. The number of esters is 1. The van der Waals surface area contributed by atoms with Crippen LogP contribution >= 0.6 is 0 Å². The minimum atomic E-state index is -1.33. The first-order valence-corrected chi connectivity index (χ1v) is 11.0. The molecule has 0 radical (unpaired) electrons. The molecule has 0 aliphatic carbocycles. The van der Waals surface area contributed by atoms with E-state index in [1.165, 1.54) is 24.1 Å². The maximum absolute atomic E-state index is 15.0. The SMILES string of the molecule is COC(=O)C=Cc1ccc(C2c3[nH]c4ccccc4c3CC(C)(C)N2CC(C)(C)F)cc1. The van der Waals surface area contributed by atoms with E-state index in [1.54, 1.807) is 19.9 Å². The van der Waals surface area contributed by atoms with Gasteiger partial charge in [0.2, 0.25) is 0 Å². The number of H-pyrrole nitrogens is 1. The number of rotatable bonds is 5. The van der Waals surface area contributed by atoms with Gasteiger partial charge in [-0.15, -0.1) is 0 Å². The van der Waals surface area contributed by atoms with Crippen molar-refractivity contribution in [2.75, 3.05) is 13.7 Å². The van der Waals surface area contributed by atoms with E-state index in [-0.39, 0.29) is 17.6 Å². The van der Waals surface area contributed by atoms with Gasteiger partial charge in [-0.3, -0.25) is 4.90 Å². The fraction of sp³-hybridized carbons (Fsp3) is 0.370. The molecule has 1 unspecified atom stereocenters. The molecule has 0 bridgehead atoms. The van der Waals surface area contributed by atoms with Crippen LogP contribution in [0.25, 0.3) is 17.0 Å². The average Bonchev–Trinajstić information content (AvgIpc) is 3.09. The second kappa shape index (κ2) is 8.21. The summed E-state index contributed by atoms with van der Waals surface area (Å²) in [6.45, 7) is 8.00. The van der Waals surface area contributed by atoms with Crippen LogP contribution in [0, 0.1) is 0 Å². The summed E-state index contributed by atoms with van der Waals surface area (Å²) in [4.78, 5) is 17.3. The van der Waals surface area contributed by atoms with Crippen molar-refractivity contribution < 1.29 is 13.9 Å². The van der Waals surface area contributed by atoms with Crippen molar-refractivity contribution in [1.29, 1.82) is 0 Å². The molecule has 1 atom stereocenters. The lowest BCUT2D eigenvalue weighted by molar-refractivity contribution is -0.134. The third-order valence-electron chi connectivity index (χ3n) is 6.23. The van der Waals surface area contributed by atoms with Gasteiger partial charge in [0.1, 0.15) is 5.67 Å². The van der Waals surface area contributed by atoms with Gasteiger partial charge in [-0.25, -0.2) is 9.18 Å². The zero-order chi connectivity index (χ0) is 23.1. The summed E-state index contributed by atoms with van der Waals surface area (Å²) in [5.74, 6) is -0.387. The third kappa shape index (κ3) is 4.35. The molecule has 32 heavy (non-hydrogen) atoms. The van der Waals surface area contributed by atoms with Crippen LogP contribution in [0.1, 0.15) is 56.1 Å². The van der Waals surface area contributed by atoms with Crippen LogP contribution in [0.4, 0.5) is 4.39 Å². The molecule has 2 aromatic carbocycles. The van der Waals surface area contributed by atoms with E-state index < -0.39 is 5.67 Å². The highest BCUT2D eigenvalue weighted by Gasteiger charge is 2.44. The number of hydrogen-bond donors (Lipinski definition) is 1. The van der Waals surface area contributed by atoms with Crippen LogP contribution in [0.5, 0.6) is 0 Å². The van der Waals surface area contributed by atoms with Gasteiger partial charge < -0.3 is 9.72 Å². The Morgan fingerprint density at radius 1 is 1.22 bits per heavy atom. The Morgan fingerprint density at radius 2 is 1.91 bits per heavy atom. The summed E-state index contributed by atoms with van der Waals surface area (Å²) in [6.07, 6.45) is 3.99. The third-order valence-corrected chi connectivity index (χ3v) is 6.23. The van der Waals surface area contributed by atoms with Crippen molar-refractivity contribution in [2.24, 2.45) is 0 Å². The van der Waals surface area contributed by atoms with Crippen molar-refractivity contribution in [3.63, 3.8) is 0 Å². The lowest BCUT2D eigenvalue weighted by Crippen LogP contribution is -2.54. The molecule has 2 heterocycles. The van der Waals surface area contributed by atoms with Crippen molar-refractivity contribution in [1.82, 2.24) is 9.88 Å². The van der Waals surface area contributed by atoms with Gasteiger partial charge in [-0.1, -0.05) is 42.5 Å². The van der Waals surface area contributed by atoms with E-state index in [1.807, 2.05) is 18.2 Å². The van der Waals surface area contributed by atoms with Crippen LogP contribution in [0.15, 0.2) is 54.6 Å². The lowest BCUT2D eigenvalue weighted by Gasteiger charge is -2.49. The standard InChI is InChI=1S/C27H31FN2O2/c1-26(2,28)17-30-25(19-13-10-18(11-14-19)12-15-23(31)32-5)24-21(16-27(30,3)4)20-8-6-7-9-22(20)29-24/h6-15,25,29H,16-17H2,1-5H3. The number of para-hydroxylation sites is 1. The number of halogens is 1. The maximum Gasteiger partial charge on any atom is 0.330 e. The summed E-state index contributed by atoms with van der Waals surface area (Å²) in [5.41, 5.74) is 3.98. The first-order chi connectivity index (χ1) is 15.1. The molecule has 0 fully saturated rings. The number of hydrogen-bond acceptors (Lipinski definition) is 3. The summed E-state index contributed by atoms with van der Waals surface area (Å²) in [5, 5.41) is 1.23. The van der Waals surface area contributed by atoms with Crippen LogP contribution in [-0.4, -0.2) is 40.7 Å². The summed E-state index contributed by atoms with van der Waals surface area (Å²) in [6, 6.07) is 16.4. The van der Waals surface area contributed by atoms with E-state index in [4.69, 9.17) is 0 Å². The van der Waals surface area contributed by atoms with Crippen LogP contribution < -0.4 is 0 Å². The molecular formula is C27H31FN2O2. The molecule has 168 valence electrons. The summed E-state index contributed by atoms with van der Waals surface area (Å²) in [7, 11) is 1.36. The summed E-state index contributed by atoms with van der Waals surface area (Å²) >= 11 is 0. The minimum absolute atomic E-state index is 0.102. The number of ether oxygens (including phenoxy) is 1. The van der Waals surface area contributed by atoms with E-state index in [0.29, 0.717) is 6.54 Å². The number of carbonyl (C=O) groups is 1. The number of aromatic nitrogens is 1. The normalized spacial score (nSPS) is 18.8. The van der Waals surface area contributed by atoms with E-state index in [9.17, 15) is 9.18 Å². The van der Waals surface area contributed by atoms with Gasteiger partial charge >= 0.3 is 5.97 Å². The number of nitrogens with zero attached hydrogens (tertiary/aromatic N) is 1. The van der Waals surface area contributed by atoms with Crippen molar-refractivity contribution in [2.45, 2.75) is 51.4 Å². The quantitative estimate of drug-likeness (QED) is 0.406. The van der Waals surface area contributed by atoms with Gasteiger partial charge in [0, 0.05) is 34.8 Å². The van der Waals surface area contributed by atoms with Crippen molar-refractivity contribution in [3.05, 3.63) is 77.0 Å². The van der Waals surface area contributed by atoms with Crippen LogP contribution in [0.3, 0.4) is 0 Å². The van der Waals surface area contributed by atoms with Gasteiger partial charge in [0.05, 0.1) is 13.2 Å². The number of alkyl halides is 1. The topological polar surface area (TPSA) is 45.3 Å². The van der Waals surface area contributed by atoms with E-state index in [0.717, 1.165) is 28.8 Å². The molecule has 3 aromatic rings. The Morgan fingerprint density at radius 3 is 2.56 bits per heavy atom. The molecule has 5 heteroatoms. The molecule has 1 N–H and O–H groups in total. The predicted molar refractivity (Wildman–Crippen MR) is 127 cm³/mol. The average molecular weight is 435 g/mol. The van der Waals surface area contributed by atoms with Gasteiger partial charge in [-0.05, 0) is 62.9 Å². The maximum atomic E-state index is 15.0. The molecule has 1 aromatic heterocycles. The Labute approximate surface area is 189 Å². The largest absolute Gasteiger partial charge is 0.466 e. The monoisotopic (exact) mass is 434 g/mol. The van der Waals surface area contributed by atoms with Crippen LogP contribution in [-0.2, 0) is 16.0 Å². The summed E-state index contributed by atoms with van der Waals surface area (Å²) < 4.78 is 19.6. The predicted octanol–water partition coefficient (Wildman–Crippen LogP) is 5.83. The highest BCUT2D eigenvalue weighted by atomic mass is 19.1. The zero-order valence-electron chi connectivity index (χ0n) is 19.4. The number of nitrogens with one attached hydrogen (secondary N) is 1. The number of benzene rings is 2. The van der Waals surface area contributed by atoms with Crippen molar-refractivity contribution in [3.8, 4) is 0 Å². The van der Waals surface area contributed by atoms with E-state index >= 15 is 0 Å². The molecule has 4 rings (SSSR count). The van der Waals surface area contributed by atoms with Gasteiger partial charge in [0.15, 0.2) is 0 Å². The second-order valence-electron chi connectivity index (χ2n) is 9.82. The van der Waals surface area contributed by atoms with Crippen LogP contribution in [0.2, 0.25) is 0 Å². The Bertz CT molecular complexity index is 1150. The number of aromatic amines is 1. The zero-order valence-corrected chi connectivity index (χ0v) is 19.4. The van der Waals surface area contributed by atoms with E-state index in [2.05, 4.69) is 58.8 Å². The van der Waals surface area contributed by atoms with Crippen molar-refractivity contribution >= 4 is 22.9 Å². The molecule has 4 nitrogen and oxygen atoms in total. The first kappa shape index (κ1) is 22.3. The second-order valence-corrected chi connectivity index (χ2v) is 9.82. The Balaban J connectivity index is 1.82. The fourth-order valence-corrected chi connectivity index (χ4v) is 4.76. The Hall–Kier alpha value is -2.92. The fourth-order valence-electron chi connectivity index (χ4n) is 4.76. The lowest BCUT2D eigenvalue weighted by atomic mass is 9.80. The minimum Gasteiger partial charge on any atom is -0.466 e. The highest BCUT2D eigenvalue weighted by molar-refractivity contribution is 5.87. The smallest absolute Gasteiger partial charge is 0.330 e. The molecule has 1 aliphatic rings.